The first-order valence-electron chi connectivity index (χ1n) is 20.9. The van der Waals surface area contributed by atoms with E-state index in [-0.39, 0.29) is 0 Å². The van der Waals surface area contributed by atoms with Crippen molar-refractivity contribution in [2.75, 3.05) is 0 Å². The number of fused-ring (bicyclic) bond motifs is 9. The smallest absolute Gasteiger partial charge is 0.168 e. The van der Waals surface area contributed by atoms with Crippen LogP contribution >= 0.6 is 0 Å². The first-order valence-corrected chi connectivity index (χ1v) is 20.9. The van der Waals surface area contributed by atoms with Crippen molar-refractivity contribution >= 4 is 65.6 Å². The Labute approximate surface area is 355 Å². The summed E-state index contributed by atoms with van der Waals surface area (Å²) in [4.78, 5) is 0. The van der Waals surface area contributed by atoms with E-state index in [0.717, 1.165) is 106 Å². The van der Waals surface area contributed by atoms with Gasteiger partial charge in [0.25, 0.3) is 0 Å². The van der Waals surface area contributed by atoms with E-state index >= 15 is 0 Å². The summed E-state index contributed by atoms with van der Waals surface area (Å²) >= 11 is 0. The van der Waals surface area contributed by atoms with Gasteiger partial charge in [0.2, 0.25) is 0 Å². The van der Waals surface area contributed by atoms with Crippen LogP contribution in [-0.4, -0.2) is 23.9 Å². The number of rotatable bonds is 6. The van der Waals surface area contributed by atoms with Gasteiger partial charge in [-0.2, -0.15) is 0 Å². The van der Waals surface area contributed by atoms with Gasteiger partial charge < -0.3 is 13.6 Å². The van der Waals surface area contributed by atoms with Crippen molar-refractivity contribution in [3.05, 3.63) is 212 Å². The lowest BCUT2D eigenvalue weighted by Gasteiger charge is -2.20. The molecule has 0 atom stereocenters. The third-order valence-corrected chi connectivity index (χ3v) is 12.4. The minimum atomic E-state index is 0.776. The molecule has 0 saturated carbocycles. The molecule has 0 saturated heterocycles. The highest BCUT2D eigenvalue weighted by atomic mass is 16.3. The molecule has 0 unspecified atom stereocenters. The Balaban J connectivity index is 1.11. The predicted octanol–water partition coefficient (Wildman–Crippen LogP) is 14.4. The Morgan fingerprint density at radius 3 is 1.48 bits per heavy atom. The highest BCUT2D eigenvalue weighted by Crippen LogP contribution is 2.44. The van der Waals surface area contributed by atoms with Gasteiger partial charge in [0.05, 0.1) is 39.1 Å². The number of para-hydroxylation sites is 6. The molecule has 13 rings (SSSR count). The molecule has 4 aromatic heterocycles. The van der Waals surface area contributed by atoms with Crippen LogP contribution in [0.25, 0.3) is 117 Å². The monoisotopic (exact) mass is 793 g/mol. The molecule has 290 valence electrons. The van der Waals surface area contributed by atoms with E-state index in [2.05, 4.69) is 202 Å². The maximum Gasteiger partial charge on any atom is 0.168 e. The summed E-state index contributed by atoms with van der Waals surface area (Å²) in [6, 6.07) is 75.2. The summed E-state index contributed by atoms with van der Waals surface area (Å²) < 4.78 is 13.5. The van der Waals surface area contributed by atoms with Gasteiger partial charge in [-0.1, -0.05) is 164 Å². The predicted molar refractivity (Wildman–Crippen MR) is 254 cm³/mol. The lowest BCUT2D eigenvalue weighted by Crippen LogP contribution is -2.05. The van der Waals surface area contributed by atoms with Crippen molar-refractivity contribution in [1.29, 1.82) is 0 Å². The number of aromatic nitrogens is 5. The molecule has 0 aliphatic heterocycles. The molecule has 0 aliphatic rings. The van der Waals surface area contributed by atoms with Gasteiger partial charge in [-0.3, -0.25) is 4.57 Å². The van der Waals surface area contributed by atoms with E-state index in [1.165, 1.54) is 10.8 Å². The van der Waals surface area contributed by atoms with E-state index in [1.54, 1.807) is 0 Å². The second-order valence-corrected chi connectivity index (χ2v) is 15.8. The molecule has 0 aliphatic carbocycles. The second-order valence-electron chi connectivity index (χ2n) is 15.8. The largest absolute Gasteiger partial charge is 0.456 e. The summed E-state index contributed by atoms with van der Waals surface area (Å²) in [5, 5.41) is 16.6. The van der Waals surface area contributed by atoms with E-state index in [4.69, 9.17) is 14.6 Å². The molecule has 13 aromatic rings. The number of furan rings is 1. The lowest BCUT2D eigenvalue weighted by atomic mass is 10.0. The van der Waals surface area contributed by atoms with Crippen molar-refractivity contribution in [2.24, 2.45) is 0 Å². The molecule has 0 bridgehead atoms. The van der Waals surface area contributed by atoms with Gasteiger partial charge in [0, 0.05) is 54.6 Å². The zero-order chi connectivity index (χ0) is 40.7. The number of nitrogens with zero attached hydrogens (tertiary/aromatic N) is 5. The van der Waals surface area contributed by atoms with E-state index in [9.17, 15) is 0 Å². The number of benzene rings is 9. The van der Waals surface area contributed by atoms with Crippen molar-refractivity contribution in [3.63, 3.8) is 0 Å². The average molecular weight is 794 g/mol. The van der Waals surface area contributed by atoms with Gasteiger partial charge in [-0.05, 0) is 48.5 Å². The summed E-state index contributed by atoms with van der Waals surface area (Å²) in [5.41, 5.74) is 13.6. The van der Waals surface area contributed by atoms with E-state index in [1.807, 2.05) is 24.3 Å². The normalized spacial score (nSPS) is 11.9. The zero-order valence-electron chi connectivity index (χ0n) is 33.4. The Bertz CT molecular complexity index is 3810. The van der Waals surface area contributed by atoms with Crippen LogP contribution < -0.4 is 0 Å². The van der Waals surface area contributed by atoms with Crippen molar-refractivity contribution < 1.29 is 4.42 Å². The summed E-state index contributed by atoms with van der Waals surface area (Å²) in [6.07, 6.45) is 0. The van der Waals surface area contributed by atoms with Gasteiger partial charge in [0.15, 0.2) is 11.6 Å². The molecular weight excluding hydrogens is 759 g/mol. The zero-order valence-corrected chi connectivity index (χ0v) is 33.4. The van der Waals surface area contributed by atoms with Crippen molar-refractivity contribution in [3.8, 4) is 51.0 Å². The van der Waals surface area contributed by atoms with Crippen molar-refractivity contribution in [1.82, 2.24) is 23.9 Å². The molecule has 4 heterocycles. The van der Waals surface area contributed by atoms with Crippen LogP contribution in [0, 0.1) is 0 Å². The summed E-state index contributed by atoms with van der Waals surface area (Å²) in [7, 11) is 0. The Morgan fingerprint density at radius 1 is 0.306 bits per heavy atom. The summed E-state index contributed by atoms with van der Waals surface area (Å²) in [5.74, 6) is 1.55. The molecule has 0 fully saturated rings. The quantitative estimate of drug-likeness (QED) is 0.168. The third kappa shape index (κ3) is 5.04. The van der Waals surface area contributed by atoms with Crippen LogP contribution in [0.3, 0.4) is 0 Å². The maximum atomic E-state index is 6.42. The third-order valence-electron chi connectivity index (χ3n) is 12.4. The molecule has 0 spiro atoms. The topological polar surface area (TPSA) is 53.7 Å². The first-order chi connectivity index (χ1) is 30.8. The van der Waals surface area contributed by atoms with Crippen LogP contribution in [0.2, 0.25) is 0 Å². The molecule has 6 nitrogen and oxygen atoms in total. The Hall–Kier alpha value is -8.48. The van der Waals surface area contributed by atoms with Gasteiger partial charge in [0.1, 0.15) is 11.2 Å². The standard InChI is InChI=1S/C56H35N5O/c1-3-18-36(19-4-1)55-57-58-56(37-20-5-2-6-21-37)61(55)50-32-17-27-43-40-24-9-15-31-49(40)60(54(43)50)48-30-14-8-23-39(48)38-22-7-12-28-46(38)59-47-29-13-10-25-41(47)44-35-53-45(34-51(44)59)42-26-11-16-33-52(42)62-53/h1-35H. The molecule has 0 N–H and O–H groups in total. The Morgan fingerprint density at radius 2 is 0.806 bits per heavy atom. The van der Waals surface area contributed by atoms with Gasteiger partial charge >= 0.3 is 0 Å². The highest BCUT2D eigenvalue weighted by Gasteiger charge is 2.25. The second kappa shape index (κ2) is 13.5. The van der Waals surface area contributed by atoms with Crippen molar-refractivity contribution in [2.45, 2.75) is 0 Å². The molecule has 0 amide bonds. The van der Waals surface area contributed by atoms with Crippen LogP contribution in [0.4, 0.5) is 0 Å². The van der Waals surface area contributed by atoms with Crippen LogP contribution in [-0.2, 0) is 0 Å². The summed E-state index contributed by atoms with van der Waals surface area (Å²) in [6.45, 7) is 0. The Kier molecular flexibility index (Phi) is 7.50. The SMILES string of the molecule is c1ccc(-c2nnc(-c3ccccc3)n2-c2cccc3c4ccccc4n(-c4ccccc4-c4ccccc4-n4c5ccccc5c5cc6oc7ccccc7c6cc54)c23)cc1. The number of hydrogen-bond acceptors (Lipinski definition) is 3. The maximum absolute atomic E-state index is 6.42. The van der Waals surface area contributed by atoms with Crippen LogP contribution in [0.15, 0.2) is 217 Å². The minimum Gasteiger partial charge on any atom is -0.456 e. The first kappa shape index (κ1) is 34.4. The molecule has 9 aromatic carbocycles. The highest BCUT2D eigenvalue weighted by molar-refractivity contribution is 6.18. The molecule has 6 heteroatoms. The minimum absolute atomic E-state index is 0.776. The lowest BCUT2D eigenvalue weighted by molar-refractivity contribution is 0.669. The fourth-order valence-electron chi connectivity index (χ4n) is 9.73. The fraction of sp³-hybridized carbons (Fsp3) is 0. The fourth-order valence-corrected chi connectivity index (χ4v) is 9.73. The van der Waals surface area contributed by atoms with E-state index in [0.29, 0.717) is 0 Å². The molecular formula is C56H35N5O. The van der Waals surface area contributed by atoms with E-state index < -0.39 is 0 Å². The molecule has 0 radical (unpaired) electrons. The van der Waals surface area contributed by atoms with Gasteiger partial charge in [-0.25, -0.2) is 0 Å². The average Bonchev–Trinajstić information content (AvgIpc) is 4.11. The van der Waals surface area contributed by atoms with Crippen LogP contribution in [0.1, 0.15) is 0 Å². The number of hydrogen-bond donors (Lipinski definition) is 0. The van der Waals surface area contributed by atoms with Gasteiger partial charge in [-0.15, -0.1) is 10.2 Å². The van der Waals surface area contributed by atoms with Crippen LogP contribution in [0.5, 0.6) is 0 Å². The molecule has 62 heavy (non-hydrogen) atoms.